The summed E-state index contributed by atoms with van der Waals surface area (Å²) in [6.45, 7) is 10.2. The SMILES string of the molecule is CC(C)c1ncccc1F.Cc1ccnc(C(C)C)c1. The normalized spacial score (nSPS) is 10.4. The molecule has 0 bridgehead atoms. The molecule has 0 radical (unpaired) electrons. The smallest absolute Gasteiger partial charge is 0.144 e. The van der Waals surface area contributed by atoms with Gasteiger partial charge in [0.05, 0.1) is 5.69 Å². The van der Waals surface area contributed by atoms with Crippen LogP contribution in [0.5, 0.6) is 0 Å². The standard InChI is InChI=1S/C9H13N.C8H10FN/c1-7(2)9-6-8(3)4-5-10-9;1-6(2)8-7(9)4-3-5-10-8/h4-7H,1-3H3;3-6H,1-2H3. The Balaban J connectivity index is 0.000000200. The fraction of sp³-hybridized carbons (Fsp3) is 0.412. The predicted molar refractivity (Wildman–Crippen MR) is 81.3 cm³/mol. The maximum absolute atomic E-state index is 12.8. The summed E-state index contributed by atoms with van der Waals surface area (Å²) >= 11 is 0. The van der Waals surface area contributed by atoms with Gasteiger partial charge in [-0.15, -0.1) is 0 Å². The van der Waals surface area contributed by atoms with Crippen molar-refractivity contribution in [2.75, 3.05) is 0 Å². The van der Waals surface area contributed by atoms with Gasteiger partial charge in [-0.25, -0.2) is 4.39 Å². The van der Waals surface area contributed by atoms with E-state index in [4.69, 9.17) is 0 Å². The Morgan fingerprint density at radius 3 is 2.05 bits per heavy atom. The van der Waals surface area contributed by atoms with Crippen LogP contribution < -0.4 is 0 Å². The van der Waals surface area contributed by atoms with Gasteiger partial charge in [0, 0.05) is 18.1 Å². The van der Waals surface area contributed by atoms with Crippen molar-refractivity contribution < 1.29 is 4.39 Å². The lowest BCUT2D eigenvalue weighted by atomic mass is 10.1. The Morgan fingerprint density at radius 2 is 1.65 bits per heavy atom. The average molecular weight is 274 g/mol. The fourth-order valence-corrected chi connectivity index (χ4v) is 1.70. The van der Waals surface area contributed by atoms with Crippen LogP contribution >= 0.6 is 0 Å². The molecule has 0 aliphatic heterocycles. The molecule has 0 aliphatic carbocycles. The molecule has 2 heterocycles. The average Bonchev–Trinajstić information content (AvgIpc) is 2.39. The Morgan fingerprint density at radius 1 is 0.950 bits per heavy atom. The topological polar surface area (TPSA) is 25.8 Å². The van der Waals surface area contributed by atoms with E-state index in [0.717, 1.165) is 0 Å². The van der Waals surface area contributed by atoms with Crippen LogP contribution in [0, 0.1) is 12.7 Å². The molecular formula is C17H23FN2. The zero-order valence-corrected chi connectivity index (χ0v) is 12.9. The summed E-state index contributed by atoms with van der Waals surface area (Å²) in [5, 5.41) is 0. The molecule has 0 atom stereocenters. The highest BCUT2D eigenvalue weighted by Crippen LogP contribution is 2.13. The molecule has 0 amide bonds. The number of hydrogen-bond acceptors (Lipinski definition) is 2. The molecule has 0 N–H and O–H groups in total. The van der Waals surface area contributed by atoms with Crippen LogP contribution in [0.2, 0.25) is 0 Å². The van der Waals surface area contributed by atoms with E-state index < -0.39 is 0 Å². The number of pyridine rings is 2. The summed E-state index contributed by atoms with van der Waals surface area (Å²) < 4.78 is 12.8. The molecule has 2 aromatic rings. The summed E-state index contributed by atoms with van der Waals surface area (Å²) in [6, 6.07) is 7.18. The monoisotopic (exact) mass is 274 g/mol. The number of aromatic nitrogens is 2. The highest BCUT2D eigenvalue weighted by molar-refractivity contribution is 5.16. The largest absolute Gasteiger partial charge is 0.261 e. The minimum atomic E-state index is -0.211. The maximum Gasteiger partial charge on any atom is 0.144 e. The van der Waals surface area contributed by atoms with E-state index in [1.54, 1.807) is 12.3 Å². The summed E-state index contributed by atoms with van der Waals surface area (Å²) in [6.07, 6.45) is 3.48. The van der Waals surface area contributed by atoms with Gasteiger partial charge in [-0.2, -0.15) is 0 Å². The molecule has 2 nitrogen and oxygen atoms in total. The molecule has 0 saturated heterocycles. The Labute approximate surface area is 121 Å². The van der Waals surface area contributed by atoms with Gasteiger partial charge in [-0.1, -0.05) is 27.7 Å². The molecular weight excluding hydrogens is 251 g/mol. The van der Waals surface area contributed by atoms with Gasteiger partial charge in [0.25, 0.3) is 0 Å². The lowest BCUT2D eigenvalue weighted by Gasteiger charge is -2.03. The van der Waals surface area contributed by atoms with E-state index in [0.29, 0.717) is 11.6 Å². The summed E-state index contributed by atoms with van der Waals surface area (Å²) in [7, 11) is 0. The van der Waals surface area contributed by atoms with E-state index in [-0.39, 0.29) is 11.7 Å². The second kappa shape index (κ2) is 7.73. The van der Waals surface area contributed by atoms with Crippen LogP contribution in [0.1, 0.15) is 56.5 Å². The van der Waals surface area contributed by atoms with Gasteiger partial charge < -0.3 is 0 Å². The zero-order valence-electron chi connectivity index (χ0n) is 12.9. The third-order valence-electron chi connectivity index (χ3n) is 2.86. The number of rotatable bonds is 2. The third kappa shape index (κ3) is 5.08. The Kier molecular flexibility index (Phi) is 6.29. The molecule has 0 fully saturated rings. The van der Waals surface area contributed by atoms with Gasteiger partial charge in [-0.05, 0) is 48.6 Å². The maximum atomic E-state index is 12.8. The lowest BCUT2D eigenvalue weighted by molar-refractivity contribution is 0.584. The summed E-state index contributed by atoms with van der Waals surface area (Å²) in [5.74, 6) is 0.499. The van der Waals surface area contributed by atoms with Crippen LogP contribution in [-0.2, 0) is 0 Å². The molecule has 0 saturated carbocycles. The van der Waals surface area contributed by atoms with Crippen LogP contribution in [-0.4, -0.2) is 9.97 Å². The molecule has 0 aromatic carbocycles. The van der Waals surface area contributed by atoms with Crippen LogP contribution in [0.3, 0.4) is 0 Å². The highest BCUT2D eigenvalue weighted by atomic mass is 19.1. The molecule has 2 aromatic heterocycles. The Bertz CT molecular complexity index is 536. The van der Waals surface area contributed by atoms with Crippen molar-refractivity contribution in [3.8, 4) is 0 Å². The van der Waals surface area contributed by atoms with Crippen LogP contribution in [0.25, 0.3) is 0 Å². The van der Waals surface area contributed by atoms with Crippen LogP contribution in [0.15, 0.2) is 36.7 Å². The zero-order chi connectivity index (χ0) is 15.1. The molecule has 0 unspecified atom stereocenters. The van der Waals surface area contributed by atoms with Crippen molar-refractivity contribution >= 4 is 0 Å². The van der Waals surface area contributed by atoms with Crippen LogP contribution in [0.4, 0.5) is 4.39 Å². The molecule has 20 heavy (non-hydrogen) atoms. The number of nitrogens with zero attached hydrogens (tertiary/aromatic N) is 2. The van der Waals surface area contributed by atoms with E-state index in [2.05, 4.69) is 36.8 Å². The third-order valence-corrected chi connectivity index (χ3v) is 2.86. The van der Waals surface area contributed by atoms with Gasteiger partial charge in [0.2, 0.25) is 0 Å². The van der Waals surface area contributed by atoms with Crippen molar-refractivity contribution in [2.24, 2.45) is 0 Å². The fourth-order valence-electron chi connectivity index (χ4n) is 1.70. The van der Waals surface area contributed by atoms with Crippen molar-refractivity contribution in [1.82, 2.24) is 9.97 Å². The first-order valence-corrected chi connectivity index (χ1v) is 6.94. The first-order chi connectivity index (χ1) is 9.41. The van der Waals surface area contributed by atoms with E-state index in [1.807, 2.05) is 26.1 Å². The second-order valence-corrected chi connectivity index (χ2v) is 5.44. The van der Waals surface area contributed by atoms with Crippen molar-refractivity contribution in [2.45, 2.75) is 46.5 Å². The molecule has 108 valence electrons. The molecule has 0 spiro atoms. The summed E-state index contributed by atoms with van der Waals surface area (Å²) in [4.78, 5) is 8.14. The number of hydrogen-bond donors (Lipinski definition) is 0. The number of halogens is 1. The van der Waals surface area contributed by atoms with Gasteiger partial charge in [0.1, 0.15) is 5.82 Å². The first kappa shape index (κ1) is 16.3. The Hall–Kier alpha value is -1.77. The van der Waals surface area contributed by atoms with Crippen molar-refractivity contribution in [3.63, 3.8) is 0 Å². The number of aryl methyl sites for hydroxylation is 1. The quantitative estimate of drug-likeness (QED) is 0.781. The lowest BCUT2D eigenvalue weighted by Crippen LogP contribution is -1.95. The molecule has 0 aliphatic rings. The van der Waals surface area contributed by atoms with E-state index >= 15 is 0 Å². The van der Waals surface area contributed by atoms with Crippen molar-refractivity contribution in [3.05, 3.63) is 59.4 Å². The first-order valence-electron chi connectivity index (χ1n) is 6.94. The van der Waals surface area contributed by atoms with E-state index in [9.17, 15) is 4.39 Å². The van der Waals surface area contributed by atoms with E-state index in [1.165, 1.54) is 17.3 Å². The van der Waals surface area contributed by atoms with Gasteiger partial charge >= 0.3 is 0 Å². The minimum absolute atomic E-state index is 0.168. The molecule has 3 heteroatoms. The minimum Gasteiger partial charge on any atom is -0.261 e. The van der Waals surface area contributed by atoms with Gasteiger partial charge in [-0.3, -0.25) is 9.97 Å². The van der Waals surface area contributed by atoms with Crippen molar-refractivity contribution in [1.29, 1.82) is 0 Å². The predicted octanol–water partition coefficient (Wildman–Crippen LogP) is 4.86. The van der Waals surface area contributed by atoms with Gasteiger partial charge in [0.15, 0.2) is 0 Å². The highest BCUT2D eigenvalue weighted by Gasteiger charge is 2.05. The second-order valence-electron chi connectivity index (χ2n) is 5.44. The molecule has 2 rings (SSSR count). The summed E-state index contributed by atoms with van der Waals surface area (Å²) in [5.41, 5.74) is 3.02.